The highest BCUT2D eigenvalue weighted by molar-refractivity contribution is 14.1. The van der Waals surface area contributed by atoms with E-state index in [0.29, 0.717) is 0 Å². The largest absolute Gasteiger partial charge is 0.375 e. The lowest BCUT2D eigenvalue weighted by Gasteiger charge is -2.30. The molecule has 19 heavy (non-hydrogen) atoms. The van der Waals surface area contributed by atoms with Crippen LogP contribution in [0.2, 0.25) is 0 Å². The Morgan fingerprint density at radius 3 is 2.74 bits per heavy atom. The van der Waals surface area contributed by atoms with Gasteiger partial charge in [-0.2, -0.15) is 0 Å². The van der Waals surface area contributed by atoms with E-state index in [1.807, 2.05) is 0 Å². The van der Waals surface area contributed by atoms with Gasteiger partial charge < -0.3 is 11.1 Å². The molecule has 1 aliphatic rings. The highest BCUT2D eigenvalue weighted by Crippen LogP contribution is 2.31. The number of hydrogen-bond donors (Lipinski definition) is 2. The van der Waals surface area contributed by atoms with Crippen LogP contribution in [0, 0.1) is 19.5 Å². The Hall–Kier alpha value is -0.960. The fourth-order valence-corrected chi connectivity index (χ4v) is 2.79. The van der Waals surface area contributed by atoms with Gasteiger partial charge in [0.1, 0.15) is 11.5 Å². The Morgan fingerprint density at radius 1 is 1.42 bits per heavy atom. The molecule has 2 unspecified atom stereocenters. The molecule has 0 amide bonds. The van der Waals surface area contributed by atoms with Crippen molar-refractivity contribution in [1.82, 2.24) is 0 Å². The Bertz CT molecular complexity index is 498. The van der Waals surface area contributed by atoms with E-state index in [-0.39, 0.29) is 27.0 Å². The lowest BCUT2D eigenvalue weighted by atomic mass is 9.91. The van der Waals surface area contributed by atoms with Crippen LogP contribution in [0.4, 0.5) is 15.8 Å². The first-order valence-corrected chi connectivity index (χ1v) is 7.22. The van der Waals surface area contributed by atoms with Gasteiger partial charge in [-0.1, -0.05) is 12.8 Å². The zero-order valence-electron chi connectivity index (χ0n) is 10.2. The van der Waals surface area contributed by atoms with E-state index in [9.17, 15) is 14.5 Å². The molecule has 0 aliphatic heterocycles. The number of hydrogen-bond acceptors (Lipinski definition) is 4. The molecule has 0 saturated heterocycles. The van der Waals surface area contributed by atoms with E-state index in [0.717, 1.165) is 25.7 Å². The van der Waals surface area contributed by atoms with Gasteiger partial charge in [0.25, 0.3) is 5.69 Å². The van der Waals surface area contributed by atoms with Crippen molar-refractivity contribution in [3.8, 4) is 0 Å². The first-order chi connectivity index (χ1) is 8.99. The topological polar surface area (TPSA) is 81.2 Å². The van der Waals surface area contributed by atoms with E-state index in [2.05, 4.69) is 5.32 Å². The third-order valence-electron chi connectivity index (χ3n) is 3.40. The first kappa shape index (κ1) is 14.4. The van der Waals surface area contributed by atoms with Crippen LogP contribution in [0.5, 0.6) is 0 Å². The van der Waals surface area contributed by atoms with Crippen LogP contribution in [0.3, 0.4) is 0 Å². The summed E-state index contributed by atoms with van der Waals surface area (Å²) < 4.78 is 13.8. The van der Waals surface area contributed by atoms with Crippen LogP contribution in [0.15, 0.2) is 12.1 Å². The van der Waals surface area contributed by atoms with Crippen molar-refractivity contribution in [2.24, 2.45) is 5.73 Å². The molecule has 1 saturated carbocycles. The molecule has 0 aromatic heterocycles. The van der Waals surface area contributed by atoms with E-state index in [4.69, 9.17) is 5.73 Å². The summed E-state index contributed by atoms with van der Waals surface area (Å²) in [6.07, 6.45) is 3.85. The van der Waals surface area contributed by atoms with Crippen molar-refractivity contribution in [2.75, 3.05) is 5.32 Å². The Morgan fingerprint density at radius 2 is 2.11 bits per heavy atom. The molecule has 7 heteroatoms. The van der Waals surface area contributed by atoms with Crippen LogP contribution in [0.25, 0.3) is 0 Å². The number of rotatable bonds is 3. The summed E-state index contributed by atoms with van der Waals surface area (Å²) in [6.45, 7) is 0. The van der Waals surface area contributed by atoms with Crippen molar-refractivity contribution in [2.45, 2.75) is 37.8 Å². The minimum atomic E-state index is -0.502. The minimum absolute atomic E-state index is 0.0353. The fourth-order valence-electron chi connectivity index (χ4n) is 2.34. The second-order valence-electron chi connectivity index (χ2n) is 4.74. The molecule has 1 aliphatic carbocycles. The number of nitrogens with two attached hydrogens (primary N) is 1. The summed E-state index contributed by atoms with van der Waals surface area (Å²) in [7, 11) is 0. The van der Waals surface area contributed by atoms with Gasteiger partial charge in [0.05, 0.1) is 8.49 Å². The van der Waals surface area contributed by atoms with E-state index >= 15 is 0 Å². The standard InChI is InChI=1S/C12H15FIN3O2/c13-7-5-11(12(17(18)19)6-8(7)14)16-10-4-2-1-3-9(10)15/h5-6,9-10,16H,1-4,15H2. The molecular formula is C12H15FIN3O2. The molecule has 5 nitrogen and oxygen atoms in total. The van der Waals surface area contributed by atoms with Gasteiger partial charge in [0, 0.05) is 24.2 Å². The molecule has 0 spiro atoms. The zero-order valence-corrected chi connectivity index (χ0v) is 12.4. The highest BCUT2D eigenvalue weighted by atomic mass is 127. The van der Waals surface area contributed by atoms with Gasteiger partial charge in [0.2, 0.25) is 0 Å². The fraction of sp³-hybridized carbons (Fsp3) is 0.500. The molecule has 2 atom stereocenters. The third-order valence-corrected chi connectivity index (χ3v) is 4.22. The molecular weight excluding hydrogens is 364 g/mol. The number of nitro benzene ring substituents is 1. The molecule has 0 radical (unpaired) electrons. The summed E-state index contributed by atoms with van der Waals surface area (Å²) in [5, 5.41) is 14.1. The average Bonchev–Trinajstić information content (AvgIpc) is 2.36. The second kappa shape index (κ2) is 6.00. The lowest BCUT2D eigenvalue weighted by Crippen LogP contribution is -2.42. The van der Waals surface area contributed by atoms with Crippen LogP contribution in [-0.4, -0.2) is 17.0 Å². The monoisotopic (exact) mass is 379 g/mol. The quantitative estimate of drug-likeness (QED) is 0.481. The summed E-state index contributed by atoms with van der Waals surface area (Å²) in [4.78, 5) is 10.5. The van der Waals surface area contributed by atoms with Crippen LogP contribution in [0.1, 0.15) is 25.7 Å². The third kappa shape index (κ3) is 3.33. The lowest BCUT2D eigenvalue weighted by molar-refractivity contribution is -0.384. The molecule has 2 rings (SSSR count). The molecule has 1 aromatic carbocycles. The Balaban J connectivity index is 2.27. The molecule has 0 heterocycles. The zero-order chi connectivity index (χ0) is 14.0. The van der Waals surface area contributed by atoms with Crippen molar-refractivity contribution in [3.63, 3.8) is 0 Å². The van der Waals surface area contributed by atoms with Gasteiger partial charge in [0.15, 0.2) is 0 Å². The SMILES string of the molecule is NC1CCCCC1Nc1cc(F)c(I)cc1[N+](=O)[O-]. The molecule has 104 valence electrons. The summed E-state index contributed by atoms with van der Waals surface area (Å²) in [5.41, 5.74) is 6.10. The van der Waals surface area contributed by atoms with Gasteiger partial charge in [-0.25, -0.2) is 4.39 Å². The highest BCUT2D eigenvalue weighted by Gasteiger charge is 2.25. The summed E-state index contributed by atoms with van der Waals surface area (Å²) >= 11 is 1.74. The first-order valence-electron chi connectivity index (χ1n) is 6.14. The number of nitrogens with one attached hydrogen (secondary N) is 1. The Labute approximate surface area is 124 Å². The molecule has 1 fully saturated rings. The summed E-state index contributed by atoms with van der Waals surface area (Å²) in [6, 6.07) is 2.34. The molecule has 1 aromatic rings. The molecule has 0 bridgehead atoms. The van der Waals surface area contributed by atoms with Crippen molar-refractivity contribution >= 4 is 34.0 Å². The maximum Gasteiger partial charge on any atom is 0.293 e. The van der Waals surface area contributed by atoms with Crippen LogP contribution >= 0.6 is 22.6 Å². The minimum Gasteiger partial charge on any atom is -0.375 e. The van der Waals surface area contributed by atoms with Crippen molar-refractivity contribution in [1.29, 1.82) is 0 Å². The van der Waals surface area contributed by atoms with Gasteiger partial charge in [-0.05, 0) is 35.4 Å². The second-order valence-corrected chi connectivity index (χ2v) is 5.90. The van der Waals surface area contributed by atoms with Gasteiger partial charge in [-0.15, -0.1) is 0 Å². The summed E-state index contributed by atoms with van der Waals surface area (Å²) in [5.74, 6) is -0.460. The van der Waals surface area contributed by atoms with Gasteiger partial charge >= 0.3 is 0 Å². The van der Waals surface area contributed by atoms with Crippen LogP contribution in [-0.2, 0) is 0 Å². The van der Waals surface area contributed by atoms with Crippen molar-refractivity contribution in [3.05, 3.63) is 31.6 Å². The maximum absolute atomic E-state index is 13.6. The predicted octanol–water partition coefficient (Wildman–Crippen LogP) is 3.02. The van der Waals surface area contributed by atoms with E-state index in [1.54, 1.807) is 22.6 Å². The molecule has 3 N–H and O–H groups in total. The maximum atomic E-state index is 13.6. The number of halogens is 2. The number of nitrogens with zero attached hydrogens (tertiary/aromatic N) is 1. The number of benzene rings is 1. The van der Waals surface area contributed by atoms with Crippen LogP contribution < -0.4 is 11.1 Å². The Kier molecular flexibility index (Phi) is 4.56. The number of anilines is 1. The van der Waals surface area contributed by atoms with Gasteiger partial charge in [-0.3, -0.25) is 10.1 Å². The average molecular weight is 379 g/mol. The van der Waals surface area contributed by atoms with E-state index in [1.165, 1.54) is 12.1 Å². The van der Waals surface area contributed by atoms with E-state index < -0.39 is 10.7 Å². The predicted molar refractivity (Wildman–Crippen MR) is 79.6 cm³/mol. The normalized spacial score (nSPS) is 23.1. The smallest absolute Gasteiger partial charge is 0.293 e. The number of nitro groups is 1. The van der Waals surface area contributed by atoms with Crippen molar-refractivity contribution < 1.29 is 9.31 Å².